The summed E-state index contributed by atoms with van der Waals surface area (Å²) in [5.41, 5.74) is 3.88. The van der Waals surface area contributed by atoms with Gasteiger partial charge >= 0.3 is 13.3 Å². The van der Waals surface area contributed by atoms with Crippen molar-refractivity contribution in [2.75, 3.05) is 19.5 Å². The first-order valence-corrected chi connectivity index (χ1v) is 11.9. The summed E-state index contributed by atoms with van der Waals surface area (Å²) in [4.78, 5) is 35.4. The van der Waals surface area contributed by atoms with Gasteiger partial charge in [0.1, 0.15) is 24.4 Å². The standard InChI is InChI=1S/C20H22N5O8P/c1-20-9-31-34(28,19(27)30-8-11-6-4-3-5-7-11)33-14(20)13(29-2)17(32-20)25-10-22-12-15(25)23-18(21)24-16(12)26/h3-7,10,13-14,17H,8-9H2,1-2H3,(H3,21,23,24,26)/t13-,14+,17-,20-,34?/m1/s1. The lowest BCUT2D eigenvalue weighted by atomic mass is 9.98. The minimum atomic E-state index is -4.31. The van der Waals surface area contributed by atoms with Gasteiger partial charge in [-0.25, -0.2) is 14.3 Å². The van der Waals surface area contributed by atoms with E-state index in [1.54, 1.807) is 31.2 Å². The first-order valence-electron chi connectivity index (χ1n) is 10.3. The molecule has 5 atom stereocenters. The maximum absolute atomic E-state index is 13.3. The molecule has 2 aromatic heterocycles. The summed E-state index contributed by atoms with van der Waals surface area (Å²) in [5.74, 6) is -0.0971. The van der Waals surface area contributed by atoms with E-state index in [1.165, 1.54) is 18.0 Å². The minimum absolute atomic E-state index is 0.0556. The number of imidazole rings is 1. The number of methoxy groups -OCH3 is 1. The second kappa shape index (κ2) is 8.29. The highest BCUT2D eigenvalue weighted by atomic mass is 31.2. The molecule has 2 aliphatic heterocycles. The van der Waals surface area contributed by atoms with Crippen LogP contribution in [0.5, 0.6) is 0 Å². The zero-order chi connectivity index (χ0) is 24.1. The van der Waals surface area contributed by atoms with Crippen LogP contribution in [-0.2, 0) is 34.4 Å². The molecule has 1 unspecified atom stereocenters. The number of carbonyl (C=O) groups excluding carboxylic acids is 1. The maximum Gasteiger partial charge on any atom is 0.438 e. The van der Waals surface area contributed by atoms with E-state index in [9.17, 15) is 14.2 Å². The van der Waals surface area contributed by atoms with Gasteiger partial charge in [-0.15, -0.1) is 0 Å². The molecule has 3 N–H and O–H groups in total. The Bertz CT molecular complexity index is 1340. The Morgan fingerprint density at radius 2 is 2.15 bits per heavy atom. The zero-order valence-corrected chi connectivity index (χ0v) is 19.1. The lowest BCUT2D eigenvalue weighted by Gasteiger charge is -2.37. The van der Waals surface area contributed by atoms with Gasteiger partial charge in [-0.2, -0.15) is 4.98 Å². The number of fused-ring (bicyclic) bond motifs is 2. The highest BCUT2D eigenvalue weighted by Crippen LogP contribution is 2.60. The van der Waals surface area contributed by atoms with Gasteiger partial charge in [-0.1, -0.05) is 30.3 Å². The molecular weight excluding hydrogens is 469 g/mol. The minimum Gasteiger partial charge on any atom is -0.452 e. The Labute approximate surface area is 192 Å². The van der Waals surface area contributed by atoms with Crippen LogP contribution in [0.3, 0.4) is 0 Å². The largest absolute Gasteiger partial charge is 0.452 e. The number of anilines is 1. The van der Waals surface area contributed by atoms with Crippen LogP contribution in [0.2, 0.25) is 0 Å². The number of ether oxygens (including phenoxy) is 3. The average molecular weight is 491 g/mol. The van der Waals surface area contributed by atoms with Crippen LogP contribution in [-0.4, -0.2) is 56.8 Å². The van der Waals surface area contributed by atoms with Crippen molar-refractivity contribution in [3.05, 3.63) is 52.6 Å². The molecule has 0 amide bonds. The molecule has 2 aliphatic rings. The highest BCUT2D eigenvalue weighted by molar-refractivity contribution is 7.71. The molecular formula is C20H22N5O8P. The summed E-state index contributed by atoms with van der Waals surface area (Å²) in [6.45, 7) is 1.36. The summed E-state index contributed by atoms with van der Waals surface area (Å²) in [6.07, 6.45) is -1.36. The molecule has 180 valence electrons. The third-order valence-electron chi connectivity index (χ3n) is 5.77. The summed E-state index contributed by atoms with van der Waals surface area (Å²) in [7, 11) is -2.89. The predicted octanol–water partition coefficient (Wildman–Crippen LogP) is 1.95. The van der Waals surface area contributed by atoms with Crippen molar-refractivity contribution in [3.63, 3.8) is 0 Å². The van der Waals surface area contributed by atoms with Crippen molar-refractivity contribution in [1.29, 1.82) is 0 Å². The van der Waals surface area contributed by atoms with Crippen molar-refractivity contribution in [3.8, 4) is 0 Å². The van der Waals surface area contributed by atoms with Crippen LogP contribution < -0.4 is 11.3 Å². The summed E-state index contributed by atoms with van der Waals surface area (Å²) in [5, 5.41) is 0. The lowest BCUT2D eigenvalue weighted by molar-refractivity contribution is -0.125. The molecule has 14 heteroatoms. The molecule has 34 heavy (non-hydrogen) atoms. The smallest absolute Gasteiger partial charge is 0.438 e. The number of hydrogen-bond donors (Lipinski definition) is 2. The number of nitrogens with one attached hydrogen (secondary N) is 1. The van der Waals surface area contributed by atoms with Crippen molar-refractivity contribution in [2.45, 2.75) is 37.6 Å². The Balaban J connectivity index is 1.41. The molecule has 0 spiro atoms. The number of aromatic nitrogens is 4. The number of hydrogen-bond acceptors (Lipinski definition) is 11. The highest BCUT2D eigenvalue weighted by Gasteiger charge is 2.62. The van der Waals surface area contributed by atoms with E-state index in [1.807, 2.05) is 6.07 Å². The topological polar surface area (TPSA) is 170 Å². The lowest BCUT2D eigenvalue weighted by Crippen LogP contribution is -2.49. The normalized spacial score (nSPS) is 30.8. The molecule has 0 aliphatic carbocycles. The van der Waals surface area contributed by atoms with Gasteiger partial charge in [0, 0.05) is 7.11 Å². The van der Waals surface area contributed by atoms with E-state index in [2.05, 4.69) is 15.0 Å². The van der Waals surface area contributed by atoms with E-state index in [-0.39, 0.29) is 30.3 Å². The number of aromatic amines is 1. The Morgan fingerprint density at radius 1 is 1.38 bits per heavy atom. The molecule has 1 aromatic carbocycles. The van der Waals surface area contributed by atoms with Gasteiger partial charge in [0.25, 0.3) is 5.56 Å². The molecule has 3 aromatic rings. The van der Waals surface area contributed by atoms with Crippen LogP contribution in [0.15, 0.2) is 41.5 Å². The van der Waals surface area contributed by atoms with E-state index in [4.69, 9.17) is 29.0 Å². The fourth-order valence-corrected chi connectivity index (χ4v) is 5.61. The number of H-pyrrole nitrogens is 1. The fraction of sp³-hybridized carbons (Fsp3) is 0.400. The molecule has 4 heterocycles. The van der Waals surface area contributed by atoms with E-state index in [0.29, 0.717) is 0 Å². The monoisotopic (exact) mass is 491 g/mol. The van der Waals surface area contributed by atoms with Gasteiger partial charge in [-0.3, -0.25) is 23.4 Å². The van der Waals surface area contributed by atoms with Gasteiger partial charge in [0.15, 0.2) is 17.4 Å². The Kier molecular flexibility index (Phi) is 5.53. The molecule has 13 nitrogen and oxygen atoms in total. The number of benzene rings is 1. The molecule has 0 saturated carbocycles. The number of nitrogens with two attached hydrogens (primary N) is 1. The van der Waals surface area contributed by atoms with Crippen LogP contribution in [0.1, 0.15) is 18.7 Å². The van der Waals surface area contributed by atoms with Crippen molar-refractivity contribution < 1.29 is 32.6 Å². The average Bonchev–Trinajstić information content (AvgIpc) is 3.36. The number of rotatable bonds is 5. The first-order chi connectivity index (χ1) is 16.2. The maximum atomic E-state index is 13.3. The quantitative estimate of drug-likeness (QED) is 0.500. The van der Waals surface area contributed by atoms with Crippen LogP contribution in [0, 0.1) is 0 Å². The van der Waals surface area contributed by atoms with E-state index >= 15 is 0 Å². The van der Waals surface area contributed by atoms with Crippen LogP contribution in [0.4, 0.5) is 10.7 Å². The molecule has 0 bridgehead atoms. The molecule has 0 radical (unpaired) electrons. The third-order valence-corrected chi connectivity index (χ3v) is 7.32. The van der Waals surface area contributed by atoms with Gasteiger partial charge in [0.2, 0.25) is 5.95 Å². The van der Waals surface area contributed by atoms with E-state index < -0.39 is 42.9 Å². The van der Waals surface area contributed by atoms with Crippen molar-refractivity contribution >= 4 is 30.4 Å². The molecule has 2 fully saturated rings. The summed E-state index contributed by atoms with van der Waals surface area (Å²) in [6, 6.07) is 8.94. The van der Waals surface area contributed by atoms with Gasteiger partial charge in [-0.05, 0) is 12.5 Å². The molecule has 5 rings (SSSR count). The Morgan fingerprint density at radius 3 is 2.88 bits per heavy atom. The fourth-order valence-electron chi connectivity index (χ4n) is 4.07. The number of nitrogens with zero attached hydrogens (tertiary/aromatic N) is 3. The summed E-state index contributed by atoms with van der Waals surface area (Å²) >= 11 is 0. The number of nitrogen functional groups attached to an aromatic ring is 1. The second-order valence-electron chi connectivity index (χ2n) is 8.13. The third kappa shape index (κ3) is 3.71. The van der Waals surface area contributed by atoms with Crippen molar-refractivity contribution in [2.24, 2.45) is 0 Å². The van der Waals surface area contributed by atoms with Crippen molar-refractivity contribution in [1.82, 2.24) is 19.5 Å². The van der Waals surface area contributed by atoms with Crippen LogP contribution in [0.25, 0.3) is 11.2 Å². The SMILES string of the molecule is CO[C@H]1[C@H](n2cnc3c(=O)[nH]c(N)nc32)O[C@]2(C)COP(=O)(C(=O)OCc3ccccc3)O[C@@H]12. The van der Waals surface area contributed by atoms with Crippen LogP contribution >= 0.6 is 7.60 Å². The number of carbonyl (C=O) groups is 1. The zero-order valence-electron chi connectivity index (χ0n) is 18.2. The van der Waals surface area contributed by atoms with E-state index in [0.717, 1.165) is 5.56 Å². The summed E-state index contributed by atoms with van der Waals surface area (Å²) < 4.78 is 42.8. The first kappa shape index (κ1) is 22.7. The predicted molar refractivity (Wildman–Crippen MR) is 117 cm³/mol. The Hall–Kier alpha value is -3.09. The second-order valence-corrected chi connectivity index (χ2v) is 9.96. The molecule has 2 saturated heterocycles. The van der Waals surface area contributed by atoms with Gasteiger partial charge < -0.3 is 19.9 Å². The van der Waals surface area contributed by atoms with Gasteiger partial charge in [0.05, 0.1) is 12.9 Å².